The zero-order valence-electron chi connectivity index (χ0n) is 17.2. The number of aliphatic hydroxyl groups is 1. The van der Waals surface area contributed by atoms with Crippen LogP contribution in [0, 0.1) is 11.8 Å². The molecule has 6 nitrogen and oxygen atoms in total. The molecule has 2 aromatic rings. The summed E-state index contributed by atoms with van der Waals surface area (Å²) in [4.78, 5) is 30.5. The number of nitrogens with zero attached hydrogens (tertiary/aromatic N) is 2. The van der Waals surface area contributed by atoms with Crippen molar-refractivity contribution in [2.24, 2.45) is 0 Å². The molecule has 0 bridgehead atoms. The second-order valence-electron chi connectivity index (χ2n) is 7.74. The van der Waals surface area contributed by atoms with E-state index in [9.17, 15) is 14.7 Å². The fraction of sp³-hybridized carbons (Fsp3) is 0.375. The van der Waals surface area contributed by atoms with Gasteiger partial charge in [-0.2, -0.15) is 0 Å². The molecule has 1 amide bonds. The molecule has 1 fully saturated rings. The van der Waals surface area contributed by atoms with Crippen molar-refractivity contribution < 1.29 is 19.4 Å². The number of amides is 1. The van der Waals surface area contributed by atoms with Crippen molar-refractivity contribution in [3.8, 4) is 23.1 Å². The molecule has 1 aliphatic carbocycles. The number of fused-ring (bicyclic) bond motifs is 1. The van der Waals surface area contributed by atoms with E-state index in [-0.39, 0.29) is 5.91 Å². The van der Waals surface area contributed by atoms with Crippen LogP contribution in [0.2, 0.25) is 0 Å². The van der Waals surface area contributed by atoms with Gasteiger partial charge in [-0.1, -0.05) is 24.0 Å². The SMILES string of the molecule is CCOC(=O)c1cc2c(c(-c3cccc(C#CC4(O)CCN(C)C4=O)c3)n1)CCC2. The first-order chi connectivity index (χ1) is 14.4. The minimum Gasteiger partial charge on any atom is -0.461 e. The number of likely N-dealkylation sites (tertiary alicyclic amines) is 1. The molecule has 1 atom stereocenters. The van der Waals surface area contributed by atoms with Gasteiger partial charge in [-0.15, -0.1) is 0 Å². The Balaban J connectivity index is 1.71. The van der Waals surface area contributed by atoms with E-state index in [0.29, 0.717) is 30.8 Å². The first-order valence-corrected chi connectivity index (χ1v) is 10.2. The Morgan fingerprint density at radius 1 is 1.33 bits per heavy atom. The van der Waals surface area contributed by atoms with Crippen LogP contribution in [0.15, 0.2) is 30.3 Å². The van der Waals surface area contributed by atoms with Gasteiger partial charge in [-0.25, -0.2) is 9.78 Å². The summed E-state index contributed by atoms with van der Waals surface area (Å²) in [6.07, 6.45) is 3.15. The summed E-state index contributed by atoms with van der Waals surface area (Å²) < 4.78 is 5.14. The Kier molecular flexibility index (Phi) is 5.31. The van der Waals surface area contributed by atoms with Crippen LogP contribution >= 0.6 is 0 Å². The van der Waals surface area contributed by atoms with Gasteiger partial charge in [0.25, 0.3) is 5.91 Å². The largest absolute Gasteiger partial charge is 0.461 e. The number of ether oxygens (including phenoxy) is 1. The summed E-state index contributed by atoms with van der Waals surface area (Å²) in [6.45, 7) is 2.56. The van der Waals surface area contributed by atoms with Crippen LogP contribution in [-0.4, -0.2) is 52.7 Å². The van der Waals surface area contributed by atoms with Gasteiger partial charge in [0.05, 0.1) is 12.3 Å². The molecule has 154 valence electrons. The van der Waals surface area contributed by atoms with Crippen LogP contribution in [0.3, 0.4) is 0 Å². The molecule has 4 rings (SSSR count). The number of aromatic nitrogens is 1. The predicted molar refractivity (Wildman–Crippen MR) is 112 cm³/mol. The van der Waals surface area contributed by atoms with E-state index in [0.717, 1.165) is 41.6 Å². The molecule has 0 spiro atoms. The van der Waals surface area contributed by atoms with Gasteiger partial charge in [-0.05, 0) is 55.5 Å². The molecule has 1 unspecified atom stereocenters. The summed E-state index contributed by atoms with van der Waals surface area (Å²) in [5, 5.41) is 10.5. The number of hydrogen-bond acceptors (Lipinski definition) is 5. The molecule has 0 radical (unpaired) electrons. The third-order valence-electron chi connectivity index (χ3n) is 5.63. The molecular formula is C24H24N2O4. The van der Waals surface area contributed by atoms with E-state index in [4.69, 9.17) is 4.74 Å². The second kappa shape index (κ2) is 7.92. The third-order valence-corrected chi connectivity index (χ3v) is 5.63. The lowest BCUT2D eigenvalue weighted by atomic mass is 9.99. The normalized spacial score (nSPS) is 20.0. The number of carbonyl (C=O) groups excluding carboxylic acids is 2. The fourth-order valence-corrected chi connectivity index (χ4v) is 4.02. The summed E-state index contributed by atoms with van der Waals surface area (Å²) in [7, 11) is 1.66. The number of hydrogen-bond donors (Lipinski definition) is 1. The summed E-state index contributed by atoms with van der Waals surface area (Å²) in [5.74, 6) is 4.91. The van der Waals surface area contributed by atoms with Gasteiger partial charge < -0.3 is 14.7 Å². The first kappa shape index (κ1) is 20.1. The zero-order valence-corrected chi connectivity index (χ0v) is 17.2. The van der Waals surface area contributed by atoms with E-state index in [2.05, 4.69) is 16.8 Å². The number of pyridine rings is 1. The highest BCUT2D eigenvalue weighted by atomic mass is 16.5. The van der Waals surface area contributed by atoms with Crippen molar-refractivity contribution in [2.75, 3.05) is 20.2 Å². The summed E-state index contributed by atoms with van der Waals surface area (Å²) in [6, 6.07) is 9.36. The van der Waals surface area contributed by atoms with Crippen LogP contribution in [0.1, 0.15) is 46.9 Å². The van der Waals surface area contributed by atoms with Crippen LogP contribution in [0.5, 0.6) is 0 Å². The van der Waals surface area contributed by atoms with E-state index in [1.165, 1.54) is 4.90 Å². The van der Waals surface area contributed by atoms with E-state index in [1.54, 1.807) is 14.0 Å². The van der Waals surface area contributed by atoms with Crippen LogP contribution in [-0.2, 0) is 22.4 Å². The lowest BCUT2D eigenvalue weighted by Crippen LogP contribution is -2.37. The number of esters is 1. The average molecular weight is 404 g/mol. The summed E-state index contributed by atoms with van der Waals surface area (Å²) >= 11 is 0. The maximum absolute atomic E-state index is 12.3. The number of carbonyl (C=O) groups is 2. The molecular weight excluding hydrogens is 380 g/mol. The molecule has 30 heavy (non-hydrogen) atoms. The lowest BCUT2D eigenvalue weighted by molar-refractivity contribution is -0.137. The Bertz CT molecular complexity index is 1080. The minimum atomic E-state index is -1.63. The highest BCUT2D eigenvalue weighted by Crippen LogP contribution is 2.32. The van der Waals surface area contributed by atoms with Crippen molar-refractivity contribution in [3.63, 3.8) is 0 Å². The predicted octanol–water partition coefficient (Wildman–Crippen LogP) is 2.36. The molecule has 1 aliphatic heterocycles. The summed E-state index contributed by atoms with van der Waals surface area (Å²) in [5.41, 5.74) is 3.28. The van der Waals surface area contributed by atoms with E-state index >= 15 is 0 Å². The Morgan fingerprint density at radius 2 is 2.17 bits per heavy atom. The smallest absolute Gasteiger partial charge is 0.356 e. The van der Waals surface area contributed by atoms with Gasteiger partial charge in [0.1, 0.15) is 5.69 Å². The number of benzene rings is 1. The maximum Gasteiger partial charge on any atom is 0.356 e. The van der Waals surface area contributed by atoms with E-state index in [1.807, 2.05) is 30.3 Å². The molecule has 1 aromatic carbocycles. The highest BCUT2D eigenvalue weighted by molar-refractivity contribution is 5.90. The highest BCUT2D eigenvalue weighted by Gasteiger charge is 2.42. The van der Waals surface area contributed by atoms with Gasteiger partial charge in [0, 0.05) is 31.1 Å². The van der Waals surface area contributed by atoms with Crippen LogP contribution < -0.4 is 0 Å². The Morgan fingerprint density at radius 3 is 2.90 bits per heavy atom. The fourth-order valence-electron chi connectivity index (χ4n) is 4.02. The monoisotopic (exact) mass is 404 g/mol. The molecule has 6 heteroatoms. The zero-order chi connectivity index (χ0) is 21.3. The Labute approximate surface area is 175 Å². The maximum atomic E-state index is 12.3. The van der Waals surface area contributed by atoms with Crippen molar-refractivity contribution >= 4 is 11.9 Å². The number of rotatable bonds is 3. The van der Waals surface area contributed by atoms with Crippen LogP contribution in [0.4, 0.5) is 0 Å². The minimum absolute atomic E-state index is 0.297. The van der Waals surface area contributed by atoms with Gasteiger partial charge >= 0.3 is 5.97 Å². The number of aryl methyl sites for hydroxylation is 1. The average Bonchev–Trinajstić information content (AvgIpc) is 3.33. The van der Waals surface area contributed by atoms with Gasteiger partial charge in [0.15, 0.2) is 0 Å². The van der Waals surface area contributed by atoms with Gasteiger partial charge in [-0.3, -0.25) is 4.79 Å². The van der Waals surface area contributed by atoms with Gasteiger partial charge in [0.2, 0.25) is 5.60 Å². The molecule has 1 aromatic heterocycles. The first-order valence-electron chi connectivity index (χ1n) is 10.2. The van der Waals surface area contributed by atoms with Crippen molar-refractivity contribution in [1.82, 2.24) is 9.88 Å². The molecule has 0 saturated carbocycles. The van der Waals surface area contributed by atoms with E-state index < -0.39 is 11.6 Å². The standard InChI is InChI=1S/C24H24N2O4/c1-3-30-22(27)20-15-17-7-5-9-19(17)21(25-20)18-8-4-6-16(14-18)10-11-24(29)12-13-26(2)23(24)28/h4,6,8,14-15,29H,3,5,7,9,12-13H2,1-2H3. The topological polar surface area (TPSA) is 79.7 Å². The molecule has 1 N–H and O–H groups in total. The quantitative estimate of drug-likeness (QED) is 0.628. The molecule has 2 heterocycles. The van der Waals surface area contributed by atoms with Crippen molar-refractivity contribution in [2.45, 2.75) is 38.2 Å². The molecule has 2 aliphatic rings. The number of likely N-dealkylation sites (N-methyl/N-ethyl adjacent to an activating group) is 1. The van der Waals surface area contributed by atoms with Crippen molar-refractivity contribution in [3.05, 3.63) is 52.7 Å². The third kappa shape index (κ3) is 3.69. The second-order valence-corrected chi connectivity index (χ2v) is 7.74. The molecule has 1 saturated heterocycles. The van der Waals surface area contributed by atoms with Crippen LogP contribution in [0.25, 0.3) is 11.3 Å². The van der Waals surface area contributed by atoms with Crippen molar-refractivity contribution in [1.29, 1.82) is 0 Å². The lowest BCUT2D eigenvalue weighted by Gasteiger charge is -2.13. The Hall–Kier alpha value is -3.17.